The van der Waals surface area contributed by atoms with Gasteiger partial charge in [0.2, 0.25) is 0 Å². The lowest BCUT2D eigenvalue weighted by Gasteiger charge is -2.19. The molecule has 86 valence electrons. The minimum Gasteiger partial charge on any atom is -0.374 e. The van der Waals surface area contributed by atoms with Gasteiger partial charge in [-0.3, -0.25) is 4.68 Å². The molecule has 1 rings (SSSR count). The van der Waals surface area contributed by atoms with Gasteiger partial charge in [-0.2, -0.15) is 5.10 Å². The summed E-state index contributed by atoms with van der Waals surface area (Å²) < 4.78 is 7.34. The number of aromatic nitrogens is 3. The summed E-state index contributed by atoms with van der Waals surface area (Å²) in [5.74, 6) is 0.672. The van der Waals surface area contributed by atoms with Crippen molar-refractivity contribution in [3.63, 3.8) is 0 Å². The zero-order chi connectivity index (χ0) is 11.5. The lowest BCUT2D eigenvalue weighted by atomic mass is 10.2. The van der Waals surface area contributed by atoms with Crippen LogP contribution in [-0.4, -0.2) is 27.0 Å². The second kappa shape index (κ2) is 4.72. The summed E-state index contributed by atoms with van der Waals surface area (Å²) in [5.41, 5.74) is 5.55. The first-order chi connectivity index (χ1) is 6.88. The molecule has 1 aromatic rings. The fourth-order valence-electron chi connectivity index (χ4n) is 1.07. The number of hydrogen-bond acceptors (Lipinski definition) is 4. The van der Waals surface area contributed by atoms with Gasteiger partial charge in [-0.05, 0) is 27.7 Å². The third-order valence-corrected chi connectivity index (χ3v) is 1.82. The number of nitrogens with two attached hydrogens (primary N) is 1. The highest BCUT2D eigenvalue weighted by atomic mass is 16.5. The molecule has 1 atom stereocenters. The van der Waals surface area contributed by atoms with Crippen molar-refractivity contribution in [2.24, 2.45) is 5.73 Å². The van der Waals surface area contributed by atoms with Crippen LogP contribution in [0.1, 0.15) is 39.6 Å². The first kappa shape index (κ1) is 12.1. The van der Waals surface area contributed by atoms with E-state index in [0.29, 0.717) is 19.0 Å². The van der Waals surface area contributed by atoms with Gasteiger partial charge in [0.05, 0.1) is 24.8 Å². The average molecular weight is 212 g/mol. The van der Waals surface area contributed by atoms with Crippen molar-refractivity contribution in [2.75, 3.05) is 6.61 Å². The van der Waals surface area contributed by atoms with E-state index in [0.717, 1.165) is 0 Å². The van der Waals surface area contributed by atoms with Gasteiger partial charge in [-0.25, -0.2) is 4.98 Å². The molecule has 5 heteroatoms. The van der Waals surface area contributed by atoms with Gasteiger partial charge in [0.15, 0.2) is 5.82 Å². The Morgan fingerprint density at radius 3 is 2.67 bits per heavy atom. The zero-order valence-electron chi connectivity index (χ0n) is 9.90. The molecule has 1 unspecified atom stereocenters. The molecule has 1 aromatic heterocycles. The molecule has 0 saturated heterocycles. The van der Waals surface area contributed by atoms with Crippen LogP contribution in [0.25, 0.3) is 0 Å². The molecule has 0 bridgehead atoms. The first-order valence-electron chi connectivity index (χ1n) is 5.17. The summed E-state index contributed by atoms with van der Waals surface area (Å²) in [7, 11) is 0. The van der Waals surface area contributed by atoms with Gasteiger partial charge in [0, 0.05) is 0 Å². The van der Waals surface area contributed by atoms with Crippen LogP contribution in [0.15, 0.2) is 6.33 Å². The molecule has 0 aliphatic carbocycles. The molecule has 0 spiro atoms. The van der Waals surface area contributed by atoms with Crippen LogP contribution >= 0.6 is 0 Å². The zero-order valence-corrected chi connectivity index (χ0v) is 9.90. The topological polar surface area (TPSA) is 66.0 Å². The van der Waals surface area contributed by atoms with Crippen molar-refractivity contribution in [1.29, 1.82) is 0 Å². The maximum atomic E-state index is 5.66. The van der Waals surface area contributed by atoms with Crippen LogP contribution in [0.2, 0.25) is 0 Å². The Kier molecular flexibility index (Phi) is 3.82. The van der Waals surface area contributed by atoms with Crippen LogP contribution in [0.5, 0.6) is 0 Å². The smallest absolute Gasteiger partial charge is 0.166 e. The van der Waals surface area contributed by atoms with Crippen molar-refractivity contribution >= 4 is 0 Å². The first-order valence-corrected chi connectivity index (χ1v) is 5.17. The Bertz CT molecular complexity index is 301. The van der Waals surface area contributed by atoms with Crippen molar-refractivity contribution < 1.29 is 4.74 Å². The molecule has 0 amide bonds. The van der Waals surface area contributed by atoms with Crippen molar-refractivity contribution in [3.8, 4) is 0 Å². The lowest BCUT2D eigenvalue weighted by molar-refractivity contribution is -0.00796. The van der Waals surface area contributed by atoms with E-state index < -0.39 is 0 Å². The van der Waals surface area contributed by atoms with Crippen LogP contribution in [0, 0.1) is 0 Å². The molecule has 5 nitrogen and oxygen atoms in total. The molecule has 0 radical (unpaired) electrons. The van der Waals surface area contributed by atoms with Gasteiger partial charge in [0.1, 0.15) is 6.33 Å². The minimum absolute atomic E-state index is 0.107. The molecule has 0 aliphatic heterocycles. The van der Waals surface area contributed by atoms with Crippen LogP contribution in [-0.2, 0) is 11.3 Å². The van der Waals surface area contributed by atoms with Gasteiger partial charge < -0.3 is 10.5 Å². The number of ether oxygens (including phenoxy) is 1. The van der Waals surface area contributed by atoms with Gasteiger partial charge >= 0.3 is 0 Å². The van der Waals surface area contributed by atoms with E-state index in [1.54, 1.807) is 11.0 Å². The maximum Gasteiger partial charge on any atom is 0.166 e. The van der Waals surface area contributed by atoms with Crippen molar-refractivity contribution in [2.45, 2.75) is 45.9 Å². The predicted molar refractivity (Wildman–Crippen MR) is 58.3 cm³/mol. The van der Waals surface area contributed by atoms with Gasteiger partial charge in [-0.15, -0.1) is 0 Å². The minimum atomic E-state index is -0.116. The average Bonchev–Trinajstić information content (AvgIpc) is 2.50. The van der Waals surface area contributed by atoms with Crippen LogP contribution in [0.4, 0.5) is 0 Å². The van der Waals surface area contributed by atoms with Crippen molar-refractivity contribution in [3.05, 3.63) is 12.2 Å². The standard InChI is InChI=1S/C10H20N4O/c1-8(11)9-12-7-14(13-9)5-6-15-10(2,3)4/h7-8H,5-6,11H2,1-4H3. The number of rotatable bonds is 4. The fraction of sp³-hybridized carbons (Fsp3) is 0.800. The Hall–Kier alpha value is -0.940. The summed E-state index contributed by atoms with van der Waals surface area (Å²) in [6.45, 7) is 9.29. The van der Waals surface area contributed by atoms with Crippen LogP contribution < -0.4 is 5.73 Å². The monoisotopic (exact) mass is 212 g/mol. The lowest BCUT2D eigenvalue weighted by Crippen LogP contribution is -2.22. The second-order valence-electron chi connectivity index (χ2n) is 4.62. The highest BCUT2D eigenvalue weighted by molar-refractivity contribution is 4.87. The van der Waals surface area contributed by atoms with E-state index in [4.69, 9.17) is 10.5 Å². The van der Waals surface area contributed by atoms with E-state index in [2.05, 4.69) is 10.1 Å². The Labute approximate surface area is 90.6 Å². The van der Waals surface area contributed by atoms with Gasteiger partial charge in [-0.1, -0.05) is 0 Å². The molecule has 0 saturated carbocycles. The molecule has 2 N–H and O–H groups in total. The summed E-state index contributed by atoms with van der Waals surface area (Å²) in [5, 5.41) is 4.23. The van der Waals surface area contributed by atoms with E-state index in [1.165, 1.54) is 0 Å². The summed E-state index contributed by atoms with van der Waals surface area (Å²) in [6.07, 6.45) is 1.69. The molecule has 0 aliphatic rings. The second-order valence-corrected chi connectivity index (χ2v) is 4.62. The molecule has 1 heterocycles. The molecular formula is C10H20N4O. The van der Waals surface area contributed by atoms with E-state index in [9.17, 15) is 0 Å². The third kappa shape index (κ3) is 4.40. The SMILES string of the molecule is CC(N)c1ncn(CCOC(C)(C)C)n1. The normalized spacial score (nSPS) is 14.2. The van der Waals surface area contributed by atoms with Crippen LogP contribution in [0.3, 0.4) is 0 Å². The van der Waals surface area contributed by atoms with Crippen molar-refractivity contribution in [1.82, 2.24) is 14.8 Å². The Balaban J connectivity index is 2.38. The summed E-state index contributed by atoms with van der Waals surface area (Å²) in [6, 6.07) is -0.116. The quantitative estimate of drug-likeness (QED) is 0.812. The molecular weight excluding hydrogens is 192 g/mol. The largest absolute Gasteiger partial charge is 0.374 e. The Morgan fingerprint density at radius 2 is 2.20 bits per heavy atom. The summed E-state index contributed by atoms with van der Waals surface area (Å²) >= 11 is 0. The highest BCUT2D eigenvalue weighted by Crippen LogP contribution is 2.06. The molecule has 15 heavy (non-hydrogen) atoms. The van der Waals surface area contributed by atoms with E-state index in [1.807, 2.05) is 27.7 Å². The Morgan fingerprint density at radius 1 is 1.53 bits per heavy atom. The van der Waals surface area contributed by atoms with E-state index >= 15 is 0 Å². The highest BCUT2D eigenvalue weighted by Gasteiger charge is 2.10. The predicted octanol–water partition coefficient (Wildman–Crippen LogP) is 1.11. The number of nitrogens with zero attached hydrogens (tertiary/aromatic N) is 3. The molecule has 0 fully saturated rings. The van der Waals surface area contributed by atoms with E-state index in [-0.39, 0.29) is 11.6 Å². The number of hydrogen-bond donors (Lipinski definition) is 1. The van der Waals surface area contributed by atoms with Gasteiger partial charge in [0.25, 0.3) is 0 Å². The summed E-state index contributed by atoms with van der Waals surface area (Å²) in [4.78, 5) is 4.10. The fourth-order valence-corrected chi connectivity index (χ4v) is 1.07. The molecule has 0 aromatic carbocycles. The maximum absolute atomic E-state index is 5.66. The third-order valence-electron chi connectivity index (χ3n) is 1.82.